The second-order valence-electron chi connectivity index (χ2n) is 4.50. The van der Waals surface area contributed by atoms with Gasteiger partial charge in [-0.05, 0) is 42.5 Å². The summed E-state index contributed by atoms with van der Waals surface area (Å²) >= 11 is 5.90. The monoisotopic (exact) mass is 274 g/mol. The third kappa shape index (κ3) is 2.88. The van der Waals surface area contributed by atoms with Crippen LogP contribution in [0.4, 0.5) is 11.4 Å². The number of ketones is 1. The number of hydrogen-bond donors (Lipinski definition) is 1. The van der Waals surface area contributed by atoms with Gasteiger partial charge in [-0.15, -0.1) is 0 Å². The summed E-state index contributed by atoms with van der Waals surface area (Å²) in [7, 11) is 3.90. The first-order valence-corrected chi connectivity index (χ1v) is 6.24. The maximum atomic E-state index is 12.3. The Morgan fingerprint density at radius 1 is 1.11 bits per heavy atom. The highest BCUT2D eigenvalue weighted by atomic mass is 35.5. The third-order valence-corrected chi connectivity index (χ3v) is 3.14. The van der Waals surface area contributed by atoms with Gasteiger partial charge in [-0.25, -0.2) is 0 Å². The zero-order valence-electron chi connectivity index (χ0n) is 10.9. The number of anilines is 2. The molecule has 2 rings (SSSR count). The van der Waals surface area contributed by atoms with Gasteiger partial charge in [0.05, 0.1) is 0 Å². The summed E-state index contributed by atoms with van der Waals surface area (Å²) in [5, 5.41) is 0.502. The van der Waals surface area contributed by atoms with Crippen molar-refractivity contribution in [1.29, 1.82) is 0 Å². The Morgan fingerprint density at radius 3 is 2.32 bits per heavy atom. The van der Waals surface area contributed by atoms with E-state index in [0.717, 1.165) is 5.69 Å². The van der Waals surface area contributed by atoms with E-state index in [4.69, 9.17) is 17.3 Å². The standard InChI is InChI=1S/C15H15ClN2O/c1-18(2)12-6-3-10(4-7-12)15(19)13-9-11(16)5-8-14(13)17/h3-9H,17H2,1-2H3. The smallest absolute Gasteiger partial charge is 0.195 e. The largest absolute Gasteiger partial charge is 0.398 e. The molecule has 2 aromatic carbocycles. The molecule has 2 N–H and O–H groups in total. The molecule has 0 aromatic heterocycles. The summed E-state index contributed by atoms with van der Waals surface area (Å²) in [5.41, 5.74) is 8.32. The first kappa shape index (κ1) is 13.4. The van der Waals surface area contributed by atoms with E-state index in [9.17, 15) is 4.79 Å². The van der Waals surface area contributed by atoms with Gasteiger partial charge in [-0.3, -0.25) is 4.79 Å². The van der Waals surface area contributed by atoms with E-state index in [1.165, 1.54) is 0 Å². The van der Waals surface area contributed by atoms with Gasteiger partial charge >= 0.3 is 0 Å². The molecular formula is C15H15ClN2O. The number of rotatable bonds is 3. The Kier molecular flexibility index (Phi) is 3.76. The van der Waals surface area contributed by atoms with Crippen LogP contribution in [-0.2, 0) is 0 Å². The van der Waals surface area contributed by atoms with Crippen LogP contribution in [0.2, 0.25) is 5.02 Å². The molecule has 0 aliphatic rings. The molecule has 0 heterocycles. The lowest BCUT2D eigenvalue weighted by molar-refractivity contribution is 0.103. The average molecular weight is 275 g/mol. The number of nitrogen functional groups attached to an aromatic ring is 1. The second-order valence-corrected chi connectivity index (χ2v) is 4.94. The van der Waals surface area contributed by atoms with Crippen molar-refractivity contribution in [2.45, 2.75) is 0 Å². The molecular weight excluding hydrogens is 260 g/mol. The van der Waals surface area contributed by atoms with E-state index in [1.807, 2.05) is 31.1 Å². The molecule has 0 aliphatic heterocycles. The minimum Gasteiger partial charge on any atom is -0.398 e. The van der Waals surface area contributed by atoms with E-state index >= 15 is 0 Å². The molecule has 4 heteroatoms. The van der Waals surface area contributed by atoms with Crippen LogP contribution < -0.4 is 10.6 Å². The van der Waals surface area contributed by atoms with Crippen molar-refractivity contribution >= 4 is 28.8 Å². The highest BCUT2D eigenvalue weighted by Gasteiger charge is 2.13. The maximum Gasteiger partial charge on any atom is 0.195 e. The second kappa shape index (κ2) is 5.33. The van der Waals surface area contributed by atoms with Crippen molar-refractivity contribution in [1.82, 2.24) is 0 Å². The Bertz CT molecular complexity index is 606. The molecule has 0 atom stereocenters. The van der Waals surface area contributed by atoms with Crippen molar-refractivity contribution in [3.8, 4) is 0 Å². The molecule has 0 saturated heterocycles. The Morgan fingerprint density at radius 2 is 1.74 bits per heavy atom. The molecule has 0 spiro atoms. The van der Waals surface area contributed by atoms with Gasteiger partial charge in [-0.1, -0.05) is 11.6 Å². The molecule has 0 aliphatic carbocycles. The van der Waals surface area contributed by atoms with Gasteiger partial charge < -0.3 is 10.6 Å². The van der Waals surface area contributed by atoms with Gasteiger partial charge in [-0.2, -0.15) is 0 Å². The number of hydrogen-bond acceptors (Lipinski definition) is 3. The molecule has 0 unspecified atom stereocenters. The number of halogens is 1. The summed E-state index contributed by atoms with van der Waals surface area (Å²) in [4.78, 5) is 14.3. The maximum absolute atomic E-state index is 12.3. The minimum absolute atomic E-state index is 0.120. The van der Waals surface area contributed by atoms with Gasteiger partial charge in [0.1, 0.15) is 0 Å². The Balaban J connectivity index is 2.36. The predicted octanol–water partition coefficient (Wildman–Crippen LogP) is 3.22. The van der Waals surface area contributed by atoms with Crippen LogP contribution >= 0.6 is 11.6 Å². The van der Waals surface area contributed by atoms with Crippen molar-refractivity contribution < 1.29 is 4.79 Å². The Hall–Kier alpha value is -2.00. The van der Waals surface area contributed by atoms with Crippen LogP contribution in [-0.4, -0.2) is 19.9 Å². The summed E-state index contributed by atoms with van der Waals surface area (Å²) in [5.74, 6) is -0.120. The number of nitrogens with zero attached hydrogens (tertiary/aromatic N) is 1. The third-order valence-electron chi connectivity index (χ3n) is 2.91. The quantitative estimate of drug-likeness (QED) is 0.690. The van der Waals surface area contributed by atoms with Crippen molar-refractivity contribution in [2.24, 2.45) is 0 Å². The molecule has 3 nitrogen and oxygen atoms in total. The van der Waals surface area contributed by atoms with E-state index in [-0.39, 0.29) is 5.78 Å². The average Bonchev–Trinajstić information content (AvgIpc) is 2.41. The number of carbonyl (C=O) groups excluding carboxylic acids is 1. The van der Waals surface area contributed by atoms with Crippen LogP contribution in [0.5, 0.6) is 0 Å². The molecule has 0 fully saturated rings. The summed E-state index contributed by atoms with van der Waals surface area (Å²) in [6.45, 7) is 0. The highest BCUT2D eigenvalue weighted by Crippen LogP contribution is 2.22. The minimum atomic E-state index is -0.120. The van der Waals surface area contributed by atoms with E-state index < -0.39 is 0 Å². The summed E-state index contributed by atoms with van der Waals surface area (Å²) in [6.07, 6.45) is 0. The molecule has 19 heavy (non-hydrogen) atoms. The lowest BCUT2D eigenvalue weighted by atomic mass is 10.0. The fourth-order valence-electron chi connectivity index (χ4n) is 1.79. The van der Waals surface area contributed by atoms with Crippen LogP contribution in [0.1, 0.15) is 15.9 Å². The lowest BCUT2D eigenvalue weighted by Crippen LogP contribution is -2.09. The van der Waals surface area contributed by atoms with Gasteiger partial charge in [0.2, 0.25) is 0 Å². The molecule has 2 aromatic rings. The molecule has 98 valence electrons. The van der Waals surface area contributed by atoms with Gasteiger partial charge in [0, 0.05) is 41.6 Å². The highest BCUT2D eigenvalue weighted by molar-refractivity contribution is 6.31. The number of benzene rings is 2. The fourth-order valence-corrected chi connectivity index (χ4v) is 1.96. The summed E-state index contributed by atoms with van der Waals surface area (Å²) < 4.78 is 0. The zero-order chi connectivity index (χ0) is 14.0. The molecule has 0 radical (unpaired) electrons. The molecule has 0 bridgehead atoms. The fraction of sp³-hybridized carbons (Fsp3) is 0.133. The van der Waals surface area contributed by atoms with Crippen LogP contribution in [0.3, 0.4) is 0 Å². The number of carbonyl (C=O) groups is 1. The first-order valence-electron chi connectivity index (χ1n) is 5.86. The van der Waals surface area contributed by atoms with Gasteiger partial charge in [0.25, 0.3) is 0 Å². The topological polar surface area (TPSA) is 46.3 Å². The van der Waals surface area contributed by atoms with Crippen LogP contribution in [0.15, 0.2) is 42.5 Å². The Labute approximate surface area is 117 Å². The van der Waals surface area contributed by atoms with Crippen molar-refractivity contribution in [2.75, 3.05) is 24.7 Å². The summed E-state index contributed by atoms with van der Waals surface area (Å²) in [6, 6.07) is 12.3. The number of nitrogens with two attached hydrogens (primary N) is 1. The van der Waals surface area contributed by atoms with Gasteiger partial charge in [0.15, 0.2) is 5.78 Å². The van der Waals surface area contributed by atoms with E-state index in [2.05, 4.69) is 0 Å². The van der Waals surface area contributed by atoms with Crippen LogP contribution in [0.25, 0.3) is 0 Å². The normalized spacial score (nSPS) is 10.3. The van der Waals surface area contributed by atoms with Crippen molar-refractivity contribution in [3.05, 3.63) is 58.6 Å². The lowest BCUT2D eigenvalue weighted by Gasteiger charge is -2.12. The first-order chi connectivity index (χ1) is 8.99. The zero-order valence-corrected chi connectivity index (χ0v) is 11.6. The van der Waals surface area contributed by atoms with E-state index in [0.29, 0.717) is 21.8 Å². The van der Waals surface area contributed by atoms with E-state index in [1.54, 1.807) is 30.3 Å². The van der Waals surface area contributed by atoms with Crippen LogP contribution in [0, 0.1) is 0 Å². The van der Waals surface area contributed by atoms with Crippen molar-refractivity contribution in [3.63, 3.8) is 0 Å². The predicted molar refractivity (Wildman–Crippen MR) is 80.1 cm³/mol. The SMILES string of the molecule is CN(C)c1ccc(C(=O)c2cc(Cl)ccc2N)cc1. The molecule has 0 saturated carbocycles. The molecule has 0 amide bonds.